The van der Waals surface area contributed by atoms with Gasteiger partial charge in [-0.3, -0.25) is 9.79 Å². The molecule has 3 rings (SSSR count). The molecule has 1 amide bonds. The molecule has 1 unspecified atom stereocenters. The summed E-state index contributed by atoms with van der Waals surface area (Å²) >= 11 is 0. The molecular weight excluding hydrogens is 368 g/mol. The number of aliphatic imine (C=N–C) groups is 1. The van der Waals surface area contributed by atoms with Crippen molar-refractivity contribution in [2.24, 2.45) is 4.99 Å². The molecule has 0 fully saturated rings. The SMILES string of the molecule is CCC(C)NC(=O)c1ccc(CNC(=NC)NCc2ccc3c(c2)OCO3)cc1. The van der Waals surface area contributed by atoms with Gasteiger partial charge in [0.05, 0.1) is 0 Å². The van der Waals surface area contributed by atoms with Crippen LogP contribution in [0.2, 0.25) is 0 Å². The Labute approximate surface area is 171 Å². The molecule has 2 aromatic rings. The number of nitrogens with one attached hydrogen (secondary N) is 3. The molecule has 2 aromatic carbocycles. The molecule has 1 atom stereocenters. The van der Waals surface area contributed by atoms with E-state index >= 15 is 0 Å². The quantitative estimate of drug-likeness (QED) is 0.495. The number of fused-ring (bicyclic) bond motifs is 1. The monoisotopic (exact) mass is 396 g/mol. The summed E-state index contributed by atoms with van der Waals surface area (Å²) in [5, 5.41) is 9.54. The van der Waals surface area contributed by atoms with Crippen molar-refractivity contribution in [2.45, 2.75) is 39.4 Å². The van der Waals surface area contributed by atoms with Gasteiger partial charge in [0.15, 0.2) is 17.5 Å². The number of amides is 1. The fourth-order valence-corrected chi connectivity index (χ4v) is 2.83. The van der Waals surface area contributed by atoms with Crippen molar-refractivity contribution in [1.29, 1.82) is 0 Å². The van der Waals surface area contributed by atoms with Crippen molar-refractivity contribution < 1.29 is 14.3 Å². The minimum atomic E-state index is -0.0416. The first-order valence-electron chi connectivity index (χ1n) is 9.82. The van der Waals surface area contributed by atoms with Crippen molar-refractivity contribution in [2.75, 3.05) is 13.8 Å². The summed E-state index contributed by atoms with van der Waals surface area (Å²) in [5.74, 6) is 2.20. The lowest BCUT2D eigenvalue weighted by atomic mass is 10.1. The first-order valence-corrected chi connectivity index (χ1v) is 9.82. The molecule has 0 spiro atoms. The van der Waals surface area contributed by atoms with Gasteiger partial charge >= 0.3 is 0 Å². The molecule has 0 aromatic heterocycles. The van der Waals surface area contributed by atoms with Gasteiger partial charge in [-0.25, -0.2) is 0 Å². The van der Waals surface area contributed by atoms with E-state index in [4.69, 9.17) is 9.47 Å². The molecule has 0 aliphatic carbocycles. The highest BCUT2D eigenvalue weighted by Crippen LogP contribution is 2.32. The van der Waals surface area contributed by atoms with E-state index in [0.29, 0.717) is 24.6 Å². The maximum Gasteiger partial charge on any atom is 0.251 e. The lowest BCUT2D eigenvalue weighted by Gasteiger charge is -2.13. The van der Waals surface area contributed by atoms with Crippen LogP contribution in [-0.2, 0) is 13.1 Å². The van der Waals surface area contributed by atoms with E-state index in [2.05, 4.69) is 20.9 Å². The Morgan fingerprint density at radius 2 is 1.69 bits per heavy atom. The third-order valence-corrected chi connectivity index (χ3v) is 4.79. The molecule has 1 aliphatic rings. The van der Waals surface area contributed by atoms with Crippen LogP contribution in [0.4, 0.5) is 0 Å². The van der Waals surface area contributed by atoms with E-state index in [1.54, 1.807) is 7.05 Å². The van der Waals surface area contributed by atoms with E-state index < -0.39 is 0 Å². The molecule has 3 N–H and O–H groups in total. The van der Waals surface area contributed by atoms with Crippen molar-refractivity contribution in [3.05, 3.63) is 59.2 Å². The van der Waals surface area contributed by atoms with Gasteiger partial charge in [0.25, 0.3) is 5.91 Å². The van der Waals surface area contributed by atoms with Gasteiger partial charge in [0, 0.05) is 31.7 Å². The maximum atomic E-state index is 12.2. The molecule has 154 valence electrons. The first-order chi connectivity index (χ1) is 14.1. The summed E-state index contributed by atoms with van der Waals surface area (Å²) in [7, 11) is 1.73. The van der Waals surface area contributed by atoms with Crippen LogP contribution in [0.15, 0.2) is 47.5 Å². The molecule has 0 bridgehead atoms. The summed E-state index contributed by atoms with van der Waals surface area (Å²) in [4.78, 5) is 16.4. The molecule has 29 heavy (non-hydrogen) atoms. The van der Waals surface area contributed by atoms with Crippen LogP contribution in [0.5, 0.6) is 11.5 Å². The zero-order valence-corrected chi connectivity index (χ0v) is 17.1. The molecule has 7 nitrogen and oxygen atoms in total. The number of nitrogens with zero attached hydrogens (tertiary/aromatic N) is 1. The molecular formula is C22H28N4O3. The van der Waals surface area contributed by atoms with Gasteiger partial charge in [-0.2, -0.15) is 0 Å². The van der Waals surface area contributed by atoms with Crippen molar-refractivity contribution in [1.82, 2.24) is 16.0 Å². The van der Waals surface area contributed by atoms with Crippen LogP contribution in [-0.4, -0.2) is 31.7 Å². The third-order valence-electron chi connectivity index (χ3n) is 4.79. The largest absolute Gasteiger partial charge is 0.454 e. The van der Waals surface area contributed by atoms with Gasteiger partial charge in [-0.15, -0.1) is 0 Å². The molecule has 7 heteroatoms. The van der Waals surface area contributed by atoms with Crippen molar-refractivity contribution in [3.8, 4) is 11.5 Å². The highest BCUT2D eigenvalue weighted by atomic mass is 16.7. The van der Waals surface area contributed by atoms with Crippen LogP contribution in [0.25, 0.3) is 0 Å². The van der Waals surface area contributed by atoms with E-state index in [9.17, 15) is 4.79 Å². The number of carbonyl (C=O) groups is 1. The van der Waals surface area contributed by atoms with Gasteiger partial charge < -0.3 is 25.4 Å². The Bertz CT molecular complexity index is 865. The molecule has 0 saturated carbocycles. The van der Waals surface area contributed by atoms with Crippen molar-refractivity contribution >= 4 is 11.9 Å². The Morgan fingerprint density at radius 1 is 1.03 bits per heavy atom. The predicted octanol–water partition coefficient (Wildman–Crippen LogP) is 2.81. The van der Waals surface area contributed by atoms with E-state index in [1.807, 2.05) is 56.3 Å². The maximum absolute atomic E-state index is 12.2. The minimum Gasteiger partial charge on any atom is -0.454 e. The Morgan fingerprint density at radius 3 is 2.38 bits per heavy atom. The zero-order valence-electron chi connectivity index (χ0n) is 17.1. The predicted molar refractivity (Wildman–Crippen MR) is 113 cm³/mol. The number of hydrogen-bond donors (Lipinski definition) is 3. The van der Waals surface area contributed by atoms with Crippen LogP contribution in [0.3, 0.4) is 0 Å². The summed E-state index contributed by atoms with van der Waals surface area (Å²) in [6, 6.07) is 13.6. The average molecular weight is 396 g/mol. The third kappa shape index (κ3) is 5.63. The molecule has 0 radical (unpaired) electrons. The number of benzene rings is 2. The van der Waals surface area contributed by atoms with E-state index in [-0.39, 0.29) is 18.7 Å². The summed E-state index contributed by atoms with van der Waals surface area (Å²) in [6.07, 6.45) is 0.909. The lowest BCUT2D eigenvalue weighted by Crippen LogP contribution is -2.36. The van der Waals surface area contributed by atoms with E-state index in [1.165, 1.54) is 0 Å². The summed E-state index contributed by atoms with van der Waals surface area (Å²) in [5.41, 5.74) is 2.81. The fourth-order valence-electron chi connectivity index (χ4n) is 2.83. The minimum absolute atomic E-state index is 0.0416. The average Bonchev–Trinajstić information content (AvgIpc) is 3.22. The normalized spacial score (nSPS) is 13.7. The van der Waals surface area contributed by atoms with Crippen LogP contribution < -0.4 is 25.4 Å². The highest BCUT2D eigenvalue weighted by Gasteiger charge is 2.13. The number of rotatable bonds is 7. The Balaban J connectivity index is 1.48. The lowest BCUT2D eigenvalue weighted by molar-refractivity contribution is 0.0939. The van der Waals surface area contributed by atoms with E-state index in [0.717, 1.165) is 29.0 Å². The number of hydrogen-bond acceptors (Lipinski definition) is 4. The van der Waals surface area contributed by atoms with Crippen LogP contribution >= 0.6 is 0 Å². The second-order valence-corrected chi connectivity index (χ2v) is 6.95. The van der Waals surface area contributed by atoms with Gasteiger partial charge in [-0.1, -0.05) is 25.1 Å². The molecule has 1 aliphatic heterocycles. The Kier molecular flexibility index (Phi) is 6.94. The smallest absolute Gasteiger partial charge is 0.251 e. The Hall–Kier alpha value is -3.22. The van der Waals surface area contributed by atoms with Crippen molar-refractivity contribution in [3.63, 3.8) is 0 Å². The second-order valence-electron chi connectivity index (χ2n) is 6.95. The number of ether oxygens (including phenoxy) is 2. The highest BCUT2D eigenvalue weighted by molar-refractivity contribution is 5.94. The number of guanidine groups is 1. The van der Waals surface area contributed by atoms with Crippen LogP contribution in [0.1, 0.15) is 41.8 Å². The number of carbonyl (C=O) groups excluding carboxylic acids is 1. The van der Waals surface area contributed by atoms with Crippen LogP contribution in [0, 0.1) is 0 Å². The molecule has 1 heterocycles. The summed E-state index contributed by atoms with van der Waals surface area (Å²) < 4.78 is 10.7. The van der Waals surface area contributed by atoms with Gasteiger partial charge in [0.2, 0.25) is 6.79 Å². The zero-order chi connectivity index (χ0) is 20.6. The summed E-state index contributed by atoms with van der Waals surface area (Å²) in [6.45, 7) is 5.54. The molecule has 0 saturated heterocycles. The standard InChI is InChI=1S/C22H28N4O3/c1-4-15(2)26-21(27)18-8-5-16(6-9-18)12-24-22(23-3)25-13-17-7-10-19-20(11-17)29-14-28-19/h5-11,15H,4,12-14H2,1-3H3,(H,26,27)(H2,23,24,25). The van der Waals surface area contributed by atoms with Gasteiger partial charge in [-0.05, 0) is 48.7 Å². The van der Waals surface area contributed by atoms with Gasteiger partial charge in [0.1, 0.15) is 0 Å². The fraction of sp³-hybridized carbons (Fsp3) is 0.364. The second kappa shape index (κ2) is 9.82. The first kappa shape index (κ1) is 20.5. The topological polar surface area (TPSA) is 84.0 Å².